The second-order valence-corrected chi connectivity index (χ2v) is 5.05. The lowest BCUT2D eigenvalue weighted by Crippen LogP contribution is -2.55. The van der Waals surface area contributed by atoms with Gasteiger partial charge in [-0.3, -0.25) is 4.79 Å². The van der Waals surface area contributed by atoms with Crippen molar-refractivity contribution in [2.24, 2.45) is 11.1 Å². The summed E-state index contributed by atoms with van der Waals surface area (Å²) >= 11 is 0. The van der Waals surface area contributed by atoms with E-state index in [1.807, 2.05) is 13.8 Å². The zero-order chi connectivity index (χ0) is 11.5. The van der Waals surface area contributed by atoms with Crippen molar-refractivity contribution < 1.29 is 4.79 Å². The Labute approximate surface area is 116 Å². The minimum atomic E-state index is -0.461. The lowest BCUT2D eigenvalue weighted by molar-refractivity contribution is -0.130. The highest BCUT2D eigenvalue weighted by molar-refractivity contribution is 5.85. The Morgan fingerprint density at radius 1 is 1.47 bits per heavy atom. The Balaban J connectivity index is 0. The Kier molecular flexibility index (Phi) is 9.25. The molecule has 17 heavy (non-hydrogen) atoms. The van der Waals surface area contributed by atoms with Crippen molar-refractivity contribution in [1.29, 1.82) is 0 Å². The second kappa shape index (κ2) is 8.14. The predicted octanol–water partition coefficient (Wildman–Crippen LogP) is 1.07. The number of rotatable bonds is 3. The number of halogens is 2. The number of carbonyl (C=O) groups is 1. The zero-order valence-electron chi connectivity index (χ0n) is 10.8. The largest absolute Gasteiger partial charge is 0.351 e. The van der Waals surface area contributed by atoms with Crippen LogP contribution in [0.5, 0.6) is 0 Å². The third-order valence-electron chi connectivity index (χ3n) is 3.20. The molecule has 2 unspecified atom stereocenters. The summed E-state index contributed by atoms with van der Waals surface area (Å²) < 4.78 is 0. The van der Waals surface area contributed by atoms with E-state index in [4.69, 9.17) is 5.73 Å². The molecule has 0 aromatic rings. The molecule has 4 nitrogen and oxygen atoms in total. The molecule has 6 heteroatoms. The standard InChI is InChI=1S/C11H23N3O.2ClH/c1-8-9(5-4-6-13-8)14-10(15)11(2,3)7-12;;/h8-9,13H,4-7,12H2,1-3H3,(H,14,15);2*1H. The number of nitrogens with two attached hydrogens (primary N) is 1. The van der Waals surface area contributed by atoms with Gasteiger partial charge in [0.05, 0.1) is 5.41 Å². The molecule has 0 aromatic heterocycles. The molecule has 0 spiro atoms. The number of hydrogen-bond donors (Lipinski definition) is 3. The van der Waals surface area contributed by atoms with Gasteiger partial charge in [0, 0.05) is 18.6 Å². The van der Waals surface area contributed by atoms with Crippen LogP contribution in [0.1, 0.15) is 33.6 Å². The summed E-state index contributed by atoms with van der Waals surface area (Å²) in [7, 11) is 0. The summed E-state index contributed by atoms with van der Waals surface area (Å²) in [6.07, 6.45) is 2.18. The van der Waals surface area contributed by atoms with Crippen LogP contribution in [0.3, 0.4) is 0 Å². The minimum Gasteiger partial charge on any atom is -0.351 e. The summed E-state index contributed by atoms with van der Waals surface area (Å²) in [4.78, 5) is 11.9. The van der Waals surface area contributed by atoms with Gasteiger partial charge in [-0.15, -0.1) is 24.8 Å². The highest BCUT2D eigenvalue weighted by atomic mass is 35.5. The molecule has 0 bridgehead atoms. The van der Waals surface area contributed by atoms with Crippen LogP contribution >= 0.6 is 24.8 Å². The maximum atomic E-state index is 11.9. The fraction of sp³-hybridized carbons (Fsp3) is 0.909. The third kappa shape index (κ3) is 5.42. The molecule has 0 aromatic carbocycles. The van der Waals surface area contributed by atoms with Gasteiger partial charge in [-0.25, -0.2) is 0 Å². The summed E-state index contributed by atoms with van der Waals surface area (Å²) in [5, 5.41) is 6.44. The lowest BCUT2D eigenvalue weighted by Gasteiger charge is -2.33. The molecular weight excluding hydrogens is 261 g/mol. The van der Waals surface area contributed by atoms with E-state index in [2.05, 4.69) is 17.6 Å². The fourth-order valence-corrected chi connectivity index (χ4v) is 1.70. The van der Waals surface area contributed by atoms with Gasteiger partial charge in [0.15, 0.2) is 0 Å². The highest BCUT2D eigenvalue weighted by Crippen LogP contribution is 2.15. The fourth-order valence-electron chi connectivity index (χ4n) is 1.70. The second-order valence-electron chi connectivity index (χ2n) is 5.05. The van der Waals surface area contributed by atoms with Crippen LogP contribution in [-0.4, -0.2) is 31.1 Å². The topological polar surface area (TPSA) is 67.1 Å². The normalized spacial score (nSPS) is 24.2. The van der Waals surface area contributed by atoms with Crippen molar-refractivity contribution in [3.05, 3.63) is 0 Å². The number of piperidine rings is 1. The summed E-state index contributed by atoms with van der Waals surface area (Å²) in [5.74, 6) is 0.0607. The van der Waals surface area contributed by atoms with Gasteiger partial charge in [-0.05, 0) is 40.2 Å². The number of nitrogens with one attached hydrogen (secondary N) is 2. The number of amides is 1. The van der Waals surface area contributed by atoms with E-state index in [1.165, 1.54) is 0 Å². The van der Waals surface area contributed by atoms with E-state index in [0.717, 1.165) is 19.4 Å². The van der Waals surface area contributed by atoms with Crippen LogP contribution in [0.4, 0.5) is 0 Å². The number of carbonyl (C=O) groups excluding carboxylic acids is 1. The van der Waals surface area contributed by atoms with Crippen molar-refractivity contribution in [1.82, 2.24) is 10.6 Å². The molecule has 1 aliphatic heterocycles. The van der Waals surface area contributed by atoms with E-state index in [9.17, 15) is 4.79 Å². The van der Waals surface area contributed by atoms with Gasteiger partial charge in [0.2, 0.25) is 5.91 Å². The average Bonchev–Trinajstić information content (AvgIpc) is 2.21. The highest BCUT2D eigenvalue weighted by Gasteiger charge is 2.30. The molecule has 1 saturated heterocycles. The van der Waals surface area contributed by atoms with E-state index < -0.39 is 5.41 Å². The molecule has 104 valence electrons. The van der Waals surface area contributed by atoms with Crippen LogP contribution in [-0.2, 0) is 4.79 Å². The van der Waals surface area contributed by atoms with Crippen LogP contribution < -0.4 is 16.4 Å². The summed E-state index contributed by atoms with van der Waals surface area (Å²) in [6.45, 7) is 7.30. The van der Waals surface area contributed by atoms with Crippen LogP contribution in [0, 0.1) is 5.41 Å². The first-order valence-corrected chi connectivity index (χ1v) is 5.72. The molecule has 0 aliphatic carbocycles. The lowest BCUT2D eigenvalue weighted by atomic mass is 9.91. The summed E-state index contributed by atoms with van der Waals surface area (Å²) in [5.41, 5.74) is 5.11. The van der Waals surface area contributed by atoms with Crippen molar-refractivity contribution in [2.75, 3.05) is 13.1 Å². The molecule has 1 rings (SSSR count). The molecule has 1 amide bonds. The van der Waals surface area contributed by atoms with Crippen molar-refractivity contribution in [3.63, 3.8) is 0 Å². The first-order valence-electron chi connectivity index (χ1n) is 5.72. The third-order valence-corrected chi connectivity index (χ3v) is 3.20. The van der Waals surface area contributed by atoms with Crippen LogP contribution in [0.25, 0.3) is 0 Å². The first-order chi connectivity index (χ1) is 6.97. The monoisotopic (exact) mass is 285 g/mol. The SMILES string of the molecule is CC1NCCCC1NC(=O)C(C)(C)CN.Cl.Cl. The van der Waals surface area contributed by atoms with Gasteiger partial charge in [-0.1, -0.05) is 0 Å². The van der Waals surface area contributed by atoms with Crippen LogP contribution in [0.2, 0.25) is 0 Å². The van der Waals surface area contributed by atoms with E-state index in [0.29, 0.717) is 12.6 Å². The van der Waals surface area contributed by atoms with Crippen molar-refractivity contribution in [3.8, 4) is 0 Å². The molecule has 1 fully saturated rings. The molecule has 1 heterocycles. The Morgan fingerprint density at radius 3 is 2.53 bits per heavy atom. The van der Waals surface area contributed by atoms with E-state index >= 15 is 0 Å². The Morgan fingerprint density at radius 2 is 2.06 bits per heavy atom. The van der Waals surface area contributed by atoms with Crippen molar-refractivity contribution in [2.45, 2.75) is 45.7 Å². The molecule has 1 aliphatic rings. The van der Waals surface area contributed by atoms with Gasteiger partial charge >= 0.3 is 0 Å². The van der Waals surface area contributed by atoms with Gasteiger partial charge in [-0.2, -0.15) is 0 Å². The first kappa shape index (κ1) is 19.3. The van der Waals surface area contributed by atoms with Crippen molar-refractivity contribution >= 4 is 30.7 Å². The van der Waals surface area contributed by atoms with Crippen LogP contribution in [0.15, 0.2) is 0 Å². The molecule has 4 N–H and O–H groups in total. The van der Waals surface area contributed by atoms with Gasteiger partial charge in [0.1, 0.15) is 0 Å². The Bertz CT molecular complexity index is 237. The van der Waals surface area contributed by atoms with E-state index in [-0.39, 0.29) is 36.8 Å². The molecule has 2 atom stereocenters. The quantitative estimate of drug-likeness (QED) is 0.727. The molecule has 0 radical (unpaired) electrons. The zero-order valence-corrected chi connectivity index (χ0v) is 12.4. The molecular formula is C11H25Cl2N3O. The smallest absolute Gasteiger partial charge is 0.227 e. The van der Waals surface area contributed by atoms with Gasteiger partial charge in [0.25, 0.3) is 0 Å². The van der Waals surface area contributed by atoms with E-state index in [1.54, 1.807) is 0 Å². The number of hydrogen-bond acceptors (Lipinski definition) is 3. The minimum absolute atomic E-state index is 0. The predicted molar refractivity (Wildman–Crippen MR) is 76.0 cm³/mol. The maximum absolute atomic E-state index is 11.9. The maximum Gasteiger partial charge on any atom is 0.227 e. The Hall–Kier alpha value is -0.0300. The van der Waals surface area contributed by atoms with Gasteiger partial charge < -0.3 is 16.4 Å². The molecule has 0 saturated carbocycles. The average molecular weight is 286 g/mol. The summed E-state index contributed by atoms with van der Waals surface area (Å²) in [6, 6.07) is 0.605.